The molecule has 182 valence electrons. The van der Waals surface area contributed by atoms with Crippen LogP contribution in [0.2, 0.25) is 15.1 Å². The number of hydrogen-bond donors (Lipinski definition) is 2. The third kappa shape index (κ3) is 5.97. The Morgan fingerprint density at radius 3 is 2.41 bits per heavy atom. The Hall–Kier alpha value is -2.43. The molecular formula is C21H16Cl3F5N4O. The van der Waals surface area contributed by atoms with E-state index in [0.29, 0.717) is 11.1 Å². The molecule has 0 saturated heterocycles. The molecule has 2 aromatic rings. The van der Waals surface area contributed by atoms with Crippen LogP contribution in [-0.4, -0.2) is 43.6 Å². The molecule has 2 amide bonds. The summed E-state index contributed by atoms with van der Waals surface area (Å²) in [5.74, 6) is 0. The first-order valence-electron chi connectivity index (χ1n) is 9.63. The van der Waals surface area contributed by atoms with E-state index >= 15 is 0 Å². The van der Waals surface area contributed by atoms with Gasteiger partial charge in [-0.3, -0.25) is 4.99 Å². The molecule has 34 heavy (non-hydrogen) atoms. The van der Waals surface area contributed by atoms with E-state index in [2.05, 4.69) is 10.1 Å². The second-order valence-electron chi connectivity index (χ2n) is 7.39. The van der Waals surface area contributed by atoms with Crippen LogP contribution in [0.25, 0.3) is 0 Å². The zero-order chi connectivity index (χ0) is 25.1. The summed E-state index contributed by atoms with van der Waals surface area (Å²) in [5.41, 5.74) is 0.533. The van der Waals surface area contributed by atoms with E-state index in [9.17, 15) is 26.7 Å². The quantitative estimate of drug-likeness (QED) is 0.254. The van der Waals surface area contributed by atoms with Crippen LogP contribution in [0.3, 0.4) is 0 Å². The Morgan fingerprint density at radius 2 is 1.82 bits per heavy atom. The van der Waals surface area contributed by atoms with Crippen molar-refractivity contribution in [1.82, 2.24) is 10.7 Å². The first kappa shape index (κ1) is 26.2. The molecule has 5 nitrogen and oxygen atoms in total. The molecule has 1 atom stereocenters. The number of aliphatic imine (C=N–C) groups is 1. The van der Waals surface area contributed by atoms with E-state index < -0.39 is 43.6 Å². The number of hydrazone groups is 1. The van der Waals surface area contributed by atoms with E-state index in [1.165, 1.54) is 42.6 Å². The van der Waals surface area contributed by atoms with Gasteiger partial charge in [0.2, 0.25) is 0 Å². The largest absolute Gasteiger partial charge is 0.400 e. The predicted molar refractivity (Wildman–Crippen MR) is 122 cm³/mol. The van der Waals surface area contributed by atoms with Crippen LogP contribution in [-0.2, 0) is 5.41 Å². The van der Waals surface area contributed by atoms with Crippen molar-refractivity contribution < 1.29 is 26.7 Å². The lowest BCUT2D eigenvalue weighted by atomic mass is 9.76. The number of nitrogens with one attached hydrogen (secondary N) is 2. The number of nitrogens with zero attached hydrogens (tertiary/aromatic N) is 2. The van der Waals surface area contributed by atoms with E-state index in [0.717, 1.165) is 0 Å². The van der Waals surface area contributed by atoms with Crippen LogP contribution < -0.4 is 10.7 Å². The summed E-state index contributed by atoms with van der Waals surface area (Å²) in [6.45, 7) is -1.37. The molecule has 0 fully saturated rings. The van der Waals surface area contributed by atoms with Crippen LogP contribution in [0, 0.1) is 0 Å². The number of rotatable bonds is 6. The van der Waals surface area contributed by atoms with Crippen molar-refractivity contribution in [3.63, 3.8) is 0 Å². The maximum Gasteiger partial charge on any atom is 0.400 e. The summed E-state index contributed by atoms with van der Waals surface area (Å²) in [4.78, 5) is 15.5. The summed E-state index contributed by atoms with van der Waals surface area (Å²) < 4.78 is 66.8. The Bertz CT molecular complexity index is 1120. The number of halogens is 8. The first-order valence-corrected chi connectivity index (χ1v) is 10.8. The third-order valence-electron chi connectivity index (χ3n) is 5.09. The molecule has 1 aliphatic rings. The fraction of sp³-hybridized carbons (Fsp3) is 0.286. The van der Waals surface area contributed by atoms with Crippen LogP contribution in [0.5, 0.6) is 0 Å². The molecule has 0 aliphatic carbocycles. The van der Waals surface area contributed by atoms with Crippen molar-refractivity contribution in [1.29, 1.82) is 0 Å². The standard InChI is InChI=1S/C21H16Cl3F5N4O/c22-14-4-13(5-15(23)6-14)20(21(27,28)29)7-17(31-10-20)11-1-2-12(16(24)3-11)8-32-33-19(34)30-9-18(25)26/h1-6,8,18H,7,9-10H2,(H2,30,33,34)/b32-8+. The van der Waals surface area contributed by atoms with Crippen molar-refractivity contribution in [3.8, 4) is 0 Å². The molecule has 1 aliphatic heterocycles. The average molecular weight is 542 g/mol. The highest BCUT2D eigenvalue weighted by molar-refractivity contribution is 6.35. The number of carbonyl (C=O) groups excluding carboxylic acids is 1. The van der Waals surface area contributed by atoms with E-state index in [-0.39, 0.29) is 26.3 Å². The minimum atomic E-state index is -4.63. The highest BCUT2D eigenvalue weighted by atomic mass is 35.5. The number of alkyl halides is 5. The highest BCUT2D eigenvalue weighted by Crippen LogP contribution is 2.48. The molecule has 2 aromatic carbocycles. The van der Waals surface area contributed by atoms with Gasteiger partial charge in [0.1, 0.15) is 5.41 Å². The van der Waals surface area contributed by atoms with Gasteiger partial charge in [-0.25, -0.2) is 19.0 Å². The van der Waals surface area contributed by atoms with Gasteiger partial charge in [-0.1, -0.05) is 46.9 Å². The number of amides is 2. The Balaban J connectivity index is 1.77. The molecule has 13 heteroatoms. The minimum absolute atomic E-state index is 0.0812. The predicted octanol–water partition coefficient (Wildman–Crippen LogP) is 6.24. The number of carbonyl (C=O) groups is 1. The molecular weight excluding hydrogens is 526 g/mol. The summed E-state index contributed by atoms with van der Waals surface area (Å²) >= 11 is 18.1. The van der Waals surface area contributed by atoms with Gasteiger partial charge in [-0.2, -0.15) is 18.3 Å². The fourth-order valence-corrected chi connectivity index (χ4v) is 4.13. The summed E-state index contributed by atoms with van der Waals surface area (Å²) in [5, 5.41) is 5.80. The van der Waals surface area contributed by atoms with E-state index in [4.69, 9.17) is 34.8 Å². The summed E-state index contributed by atoms with van der Waals surface area (Å²) in [7, 11) is 0. The Labute approximate surface area is 206 Å². The van der Waals surface area contributed by atoms with Crippen molar-refractivity contribution in [3.05, 3.63) is 68.2 Å². The van der Waals surface area contributed by atoms with Gasteiger partial charge in [-0.05, 0) is 35.4 Å². The highest BCUT2D eigenvalue weighted by Gasteiger charge is 2.58. The van der Waals surface area contributed by atoms with Crippen molar-refractivity contribution in [2.75, 3.05) is 13.1 Å². The van der Waals surface area contributed by atoms with Crippen LogP contribution in [0.4, 0.5) is 26.7 Å². The van der Waals surface area contributed by atoms with Gasteiger partial charge >= 0.3 is 12.2 Å². The van der Waals surface area contributed by atoms with Gasteiger partial charge < -0.3 is 5.32 Å². The summed E-state index contributed by atoms with van der Waals surface area (Å²) in [6.07, 6.45) is -6.61. The maximum atomic E-state index is 14.2. The third-order valence-corrected chi connectivity index (χ3v) is 5.85. The molecule has 1 heterocycles. The summed E-state index contributed by atoms with van der Waals surface area (Å²) in [6, 6.07) is 7.30. The molecule has 3 rings (SSSR count). The zero-order valence-corrected chi connectivity index (χ0v) is 19.3. The van der Waals surface area contributed by atoms with Crippen LogP contribution in [0.15, 0.2) is 46.5 Å². The second-order valence-corrected chi connectivity index (χ2v) is 8.67. The Morgan fingerprint density at radius 1 is 1.15 bits per heavy atom. The lowest BCUT2D eigenvalue weighted by Crippen LogP contribution is -2.43. The lowest BCUT2D eigenvalue weighted by Gasteiger charge is -2.31. The number of benzene rings is 2. The molecule has 0 aromatic heterocycles. The van der Waals surface area contributed by atoms with E-state index in [1.54, 1.807) is 0 Å². The number of urea groups is 1. The molecule has 0 saturated carbocycles. The van der Waals surface area contributed by atoms with Crippen molar-refractivity contribution in [2.24, 2.45) is 10.1 Å². The topological polar surface area (TPSA) is 65.8 Å². The fourth-order valence-electron chi connectivity index (χ4n) is 3.38. The normalized spacial score (nSPS) is 18.4. The van der Waals surface area contributed by atoms with Gasteiger partial charge in [0.05, 0.1) is 24.3 Å². The van der Waals surface area contributed by atoms with Crippen LogP contribution >= 0.6 is 34.8 Å². The van der Waals surface area contributed by atoms with E-state index in [1.807, 2.05) is 10.7 Å². The molecule has 0 spiro atoms. The van der Waals surface area contributed by atoms with Gasteiger partial charge in [-0.15, -0.1) is 0 Å². The van der Waals surface area contributed by atoms with Crippen LogP contribution in [0.1, 0.15) is 23.1 Å². The molecule has 0 radical (unpaired) electrons. The van der Waals surface area contributed by atoms with Gasteiger partial charge in [0.25, 0.3) is 6.43 Å². The molecule has 0 bridgehead atoms. The zero-order valence-electron chi connectivity index (χ0n) is 17.1. The SMILES string of the molecule is O=C(NCC(F)F)N/N=C/c1ccc(C2=NCC(c3cc(Cl)cc(Cl)c3)(C(F)(F)F)C2)cc1Cl. The minimum Gasteiger partial charge on any atom is -0.331 e. The molecule has 2 N–H and O–H groups in total. The second kappa shape index (κ2) is 10.5. The van der Waals surface area contributed by atoms with Gasteiger partial charge in [0, 0.05) is 27.7 Å². The number of hydrogen-bond acceptors (Lipinski definition) is 3. The van der Waals surface area contributed by atoms with Crippen molar-refractivity contribution >= 4 is 52.8 Å². The van der Waals surface area contributed by atoms with Gasteiger partial charge in [0.15, 0.2) is 0 Å². The average Bonchev–Trinajstić information content (AvgIpc) is 3.20. The molecule has 1 unspecified atom stereocenters. The maximum absolute atomic E-state index is 14.2. The first-order chi connectivity index (χ1) is 15.9. The lowest BCUT2D eigenvalue weighted by molar-refractivity contribution is -0.183. The smallest absolute Gasteiger partial charge is 0.331 e. The van der Waals surface area contributed by atoms with Crippen molar-refractivity contribution in [2.45, 2.75) is 24.4 Å². The Kier molecular flexibility index (Phi) is 8.05. The monoisotopic (exact) mass is 540 g/mol.